The molecule has 0 aliphatic rings. The second-order valence-corrected chi connectivity index (χ2v) is 12.2. The van der Waals surface area contributed by atoms with Gasteiger partial charge in [0.05, 0.1) is 11.9 Å². The molecule has 39 heavy (non-hydrogen) atoms. The highest BCUT2D eigenvalue weighted by molar-refractivity contribution is 7.92. The van der Waals surface area contributed by atoms with Gasteiger partial charge in [0, 0.05) is 29.1 Å². The van der Waals surface area contributed by atoms with Crippen LogP contribution < -0.4 is 9.62 Å². The van der Waals surface area contributed by atoms with E-state index < -0.39 is 28.5 Å². The summed E-state index contributed by atoms with van der Waals surface area (Å²) >= 11 is 12.1. The molecule has 0 aromatic heterocycles. The highest BCUT2D eigenvalue weighted by atomic mass is 35.5. The lowest BCUT2D eigenvalue weighted by atomic mass is 10.0. The van der Waals surface area contributed by atoms with Gasteiger partial charge in [0.2, 0.25) is 21.8 Å². The van der Waals surface area contributed by atoms with E-state index >= 15 is 0 Å². The first-order valence-electron chi connectivity index (χ1n) is 12.6. The van der Waals surface area contributed by atoms with Crippen molar-refractivity contribution in [3.8, 4) is 0 Å². The Labute approximate surface area is 240 Å². The summed E-state index contributed by atoms with van der Waals surface area (Å²) in [6.45, 7) is 3.45. The minimum absolute atomic E-state index is 0.0830. The third-order valence-electron chi connectivity index (χ3n) is 6.33. The third kappa shape index (κ3) is 8.98. The number of rotatable bonds is 12. The average Bonchev–Trinajstić information content (AvgIpc) is 2.90. The van der Waals surface area contributed by atoms with Crippen molar-refractivity contribution in [2.75, 3.05) is 17.1 Å². The highest BCUT2D eigenvalue weighted by Gasteiger charge is 2.33. The summed E-state index contributed by atoms with van der Waals surface area (Å²) in [6.07, 6.45) is 2.01. The van der Waals surface area contributed by atoms with Crippen LogP contribution in [0.5, 0.6) is 0 Å². The molecule has 3 aromatic carbocycles. The Hall–Kier alpha value is -3.07. The van der Waals surface area contributed by atoms with Crippen LogP contribution in [0.3, 0.4) is 0 Å². The van der Waals surface area contributed by atoms with E-state index in [1.54, 1.807) is 36.4 Å². The van der Waals surface area contributed by atoms with Gasteiger partial charge in [-0.05, 0) is 60.9 Å². The minimum atomic E-state index is -3.84. The first-order valence-corrected chi connectivity index (χ1v) is 15.2. The second kappa shape index (κ2) is 13.8. The standard InChI is InChI=1S/C29H33Cl2N3O4S/c1-4-21(2)32-29(36)27(18-22-8-6-5-7-9-22)33(19-23-10-12-24(30)13-11-23)28(35)20-34(39(3,37)38)26-16-14-25(31)15-17-26/h5-17,21,27H,4,18-20H2,1-3H3,(H,32,36)/t21-,27+/m0/s1. The van der Waals surface area contributed by atoms with E-state index in [0.717, 1.165) is 21.7 Å². The van der Waals surface area contributed by atoms with E-state index in [4.69, 9.17) is 23.2 Å². The number of carbonyl (C=O) groups is 2. The molecule has 2 amide bonds. The van der Waals surface area contributed by atoms with Crippen molar-refractivity contribution in [1.29, 1.82) is 0 Å². The van der Waals surface area contributed by atoms with E-state index in [9.17, 15) is 18.0 Å². The van der Waals surface area contributed by atoms with Crippen molar-refractivity contribution < 1.29 is 18.0 Å². The van der Waals surface area contributed by atoms with Crippen molar-refractivity contribution in [1.82, 2.24) is 10.2 Å². The lowest BCUT2D eigenvalue weighted by Gasteiger charge is -2.34. The molecule has 0 saturated carbocycles. The molecule has 0 fully saturated rings. The second-order valence-electron chi connectivity index (χ2n) is 9.42. The third-order valence-corrected chi connectivity index (χ3v) is 7.98. The van der Waals surface area contributed by atoms with Gasteiger partial charge < -0.3 is 10.2 Å². The Balaban J connectivity index is 2.04. The molecule has 10 heteroatoms. The van der Waals surface area contributed by atoms with E-state index in [-0.39, 0.29) is 24.9 Å². The zero-order valence-corrected chi connectivity index (χ0v) is 24.5. The Morgan fingerprint density at radius 1 is 0.872 bits per heavy atom. The summed E-state index contributed by atoms with van der Waals surface area (Å²) in [6, 6.07) is 21.6. The number of carbonyl (C=O) groups excluding carboxylic acids is 2. The molecule has 3 rings (SSSR count). The maximum Gasteiger partial charge on any atom is 0.244 e. The monoisotopic (exact) mass is 589 g/mol. The van der Waals surface area contributed by atoms with Gasteiger partial charge in [0.1, 0.15) is 12.6 Å². The van der Waals surface area contributed by atoms with Gasteiger partial charge in [0.25, 0.3) is 0 Å². The first kappa shape index (κ1) is 30.5. The van der Waals surface area contributed by atoms with Crippen LogP contribution in [0, 0.1) is 0 Å². The summed E-state index contributed by atoms with van der Waals surface area (Å²) in [7, 11) is -3.84. The summed E-state index contributed by atoms with van der Waals surface area (Å²) < 4.78 is 26.6. The normalized spacial score (nSPS) is 12.8. The fourth-order valence-corrected chi connectivity index (χ4v) is 5.10. The summed E-state index contributed by atoms with van der Waals surface area (Å²) in [5.41, 5.74) is 1.92. The van der Waals surface area contributed by atoms with Crippen molar-refractivity contribution in [3.63, 3.8) is 0 Å². The van der Waals surface area contributed by atoms with Crippen LogP contribution in [-0.4, -0.2) is 50.0 Å². The molecule has 7 nitrogen and oxygen atoms in total. The molecule has 0 unspecified atom stereocenters. The molecule has 0 bridgehead atoms. The smallest absolute Gasteiger partial charge is 0.244 e. The molecule has 0 aliphatic carbocycles. The lowest BCUT2D eigenvalue weighted by Crippen LogP contribution is -2.54. The number of nitrogens with zero attached hydrogens (tertiary/aromatic N) is 2. The molecule has 0 radical (unpaired) electrons. The van der Waals surface area contributed by atoms with E-state index in [1.807, 2.05) is 44.2 Å². The van der Waals surface area contributed by atoms with Gasteiger partial charge >= 0.3 is 0 Å². The summed E-state index contributed by atoms with van der Waals surface area (Å²) in [5.74, 6) is -0.835. The Kier molecular flexibility index (Phi) is 10.8. The topological polar surface area (TPSA) is 86.8 Å². The fraction of sp³-hybridized carbons (Fsp3) is 0.310. The van der Waals surface area contributed by atoms with Crippen LogP contribution in [0.2, 0.25) is 10.0 Å². The Bertz CT molecular complexity index is 1350. The number of amides is 2. The SMILES string of the molecule is CC[C@H](C)NC(=O)[C@@H](Cc1ccccc1)N(Cc1ccc(Cl)cc1)C(=O)CN(c1ccc(Cl)cc1)S(C)(=O)=O. The van der Waals surface area contributed by atoms with Crippen molar-refractivity contribution >= 4 is 50.7 Å². The largest absolute Gasteiger partial charge is 0.352 e. The van der Waals surface area contributed by atoms with Gasteiger partial charge in [0.15, 0.2) is 0 Å². The molecule has 1 N–H and O–H groups in total. The highest BCUT2D eigenvalue weighted by Crippen LogP contribution is 2.22. The first-order chi connectivity index (χ1) is 18.5. The van der Waals surface area contributed by atoms with Crippen molar-refractivity contribution in [2.45, 2.75) is 45.3 Å². The molecule has 0 spiro atoms. The fourth-order valence-electron chi connectivity index (χ4n) is 4.00. The Morgan fingerprint density at radius 3 is 1.97 bits per heavy atom. The van der Waals surface area contributed by atoms with Gasteiger partial charge in [-0.25, -0.2) is 8.42 Å². The Morgan fingerprint density at radius 2 is 1.44 bits per heavy atom. The predicted octanol–water partition coefficient (Wildman–Crippen LogP) is 5.31. The summed E-state index contributed by atoms with van der Waals surface area (Å²) in [5, 5.41) is 3.98. The van der Waals surface area contributed by atoms with E-state index in [0.29, 0.717) is 22.2 Å². The van der Waals surface area contributed by atoms with Crippen molar-refractivity contribution in [2.24, 2.45) is 0 Å². The average molecular weight is 591 g/mol. The molecule has 208 valence electrons. The zero-order chi connectivity index (χ0) is 28.6. The molecule has 0 heterocycles. The number of halogens is 2. The molecule has 2 atom stereocenters. The van der Waals surface area contributed by atoms with Crippen LogP contribution in [-0.2, 0) is 32.6 Å². The molecular weight excluding hydrogens is 557 g/mol. The van der Waals surface area contributed by atoms with E-state index in [1.165, 1.54) is 17.0 Å². The van der Waals surface area contributed by atoms with Crippen LogP contribution >= 0.6 is 23.2 Å². The number of nitrogens with one attached hydrogen (secondary N) is 1. The van der Waals surface area contributed by atoms with Gasteiger partial charge in [-0.1, -0.05) is 72.6 Å². The van der Waals surface area contributed by atoms with Gasteiger partial charge in [-0.2, -0.15) is 0 Å². The number of sulfonamides is 1. The van der Waals surface area contributed by atoms with Crippen molar-refractivity contribution in [3.05, 3.63) is 100 Å². The quantitative estimate of drug-likeness (QED) is 0.310. The number of hydrogen-bond donors (Lipinski definition) is 1. The molecule has 0 aliphatic heterocycles. The minimum Gasteiger partial charge on any atom is -0.352 e. The van der Waals surface area contributed by atoms with Gasteiger partial charge in [-0.3, -0.25) is 13.9 Å². The predicted molar refractivity (Wildman–Crippen MR) is 157 cm³/mol. The van der Waals surface area contributed by atoms with Crippen LogP contribution in [0.15, 0.2) is 78.9 Å². The number of hydrogen-bond acceptors (Lipinski definition) is 4. The van der Waals surface area contributed by atoms with Crippen LogP contribution in [0.1, 0.15) is 31.4 Å². The molecular formula is C29H33Cl2N3O4S. The van der Waals surface area contributed by atoms with E-state index in [2.05, 4.69) is 5.32 Å². The number of benzene rings is 3. The zero-order valence-electron chi connectivity index (χ0n) is 22.2. The van der Waals surface area contributed by atoms with Gasteiger partial charge in [-0.15, -0.1) is 0 Å². The maximum absolute atomic E-state index is 14.0. The molecule has 0 saturated heterocycles. The van der Waals surface area contributed by atoms with Crippen LogP contribution in [0.4, 0.5) is 5.69 Å². The maximum atomic E-state index is 14.0. The summed E-state index contributed by atoms with van der Waals surface area (Å²) in [4.78, 5) is 29.1. The molecule has 3 aromatic rings. The lowest BCUT2D eigenvalue weighted by molar-refractivity contribution is -0.140. The number of anilines is 1. The van der Waals surface area contributed by atoms with Crippen LogP contribution in [0.25, 0.3) is 0 Å².